The summed E-state index contributed by atoms with van der Waals surface area (Å²) in [5, 5.41) is 1.94. The first-order valence-electron chi connectivity index (χ1n) is 8.99. The number of alkyl halides is 6. The number of hydrogen-bond acceptors (Lipinski definition) is 4. The van der Waals surface area contributed by atoms with Crippen LogP contribution >= 0.6 is 23.2 Å². The molecule has 13 heteroatoms. The summed E-state index contributed by atoms with van der Waals surface area (Å²) in [5.41, 5.74) is -1.46. The number of ether oxygens (including phenoxy) is 1. The van der Waals surface area contributed by atoms with Crippen LogP contribution in [0, 0.1) is 0 Å². The van der Waals surface area contributed by atoms with Crippen molar-refractivity contribution >= 4 is 40.5 Å². The average molecular weight is 515 g/mol. The molecule has 5 nitrogen and oxygen atoms in total. The summed E-state index contributed by atoms with van der Waals surface area (Å²) in [6.45, 7) is 0. The molecule has 178 valence electrons. The van der Waals surface area contributed by atoms with E-state index in [9.17, 15) is 31.1 Å². The van der Waals surface area contributed by atoms with E-state index in [0.717, 1.165) is 24.3 Å². The van der Waals surface area contributed by atoms with Crippen LogP contribution in [-0.4, -0.2) is 25.4 Å². The molecule has 0 fully saturated rings. The zero-order valence-electron chi connectivity index (χ0n) is 16.5. The van der Waals surface area contributed by atoms with Crippen LogP contribution in [0.1, 0.15) is 17.5 Å². The van der Waals surface area contributed by atoms with Gasteiger partial charge in [-0.25, -0.2) is 0 Å². The summed E-state index contributed by atoms with van der Waals surface area (Å²) >= 11 is 11.7. The third-order valence-corrected chi connectivity index (χ3v) is 4.96. The van der Waals surface area contributed by atoms with E-state index in [1.54, 1.807) is 0 Å². The molecule has 0 aromatic heterocycles. The number of carbonyl (C=O) groups excluding carboxylic acids is 1. The maximum Gasteiger partial charge on any atom is 0.428 e. The zero-order valence-corrected chi connectivity index (χ0v) is 18.0. The molecule has 0 saturated heterocycles. The summed E-state index contributed by atoms with van der Waals surface area (Å²) < 4.78 is 84.8. The Morgan fingerprint density at radius 1 is 1.09 bits per heavy atom. The highest BCUT2D eigenvalue weighted by atomic mass is 35.5. The van der Waals surface area contributed by atoms with Crippen molar-refractivity contribution in [1.82, 2.24) is 5.48 Å². The van der Waals surface area contributed by atoms with Crippen molar-refractivity contribution in [2.45, 2.75) is 24.4 Å². The van der Waals surface area contributed by atoms with E-state index in [4.69, 9.17) is 32.8 Å². The number of benzene rings is 2. The quantitative estimate of drug-likeness (QED) is 0.464. The number of carbonyl (C=O) groups is 1. The topological polar surface area (TPSA) is 59.6 Å². The molecule has 3 rings (SSSR count). The molecule has 1 aliphatic heterocycles. The van der Waals surface area contributed by atoms with Crippen molar-refractivity contribution in [1.29, 1.82) is 0 Å². The molecule has 2 N–H and O–H groups in total. The molecule has 0 spiro atoms. The maximum atomic E-state index is 14.1. The highest BCUT2D eigenvalue weighted by Crippen LogP contribution is 2.48. The summed E-state index contributed by atoms with van der Waals surface area (Å²) in [6, 6.07) is 7.08. The minimum Gasteiger partial charge on any atom is -0.495 e. The Hall–Kier alpha value is -2.63. The molecule has 33 heavy (non-hydrogen) atoms. The minimum atomic E-state index is -4.95. The fourth-order valence-corrected chi connectivity index (χ4v) is 3.63. The van der Waals surface area contributed by atoms with Crippen LogP contribution in [0.5, 0.6) is 5.75 Å². The lowest BCUT2D eigenvalue weighted by Crippen LogP contribution is -2.42. The molecule has 1 heterocycles. The van der Waals surface area contributed by atoms with Crippen molar-refractivity contribution < 1.29 is 40.7 Å². The number of amides is 1. The van der Waals surface area contributed by atoms with Crippen molar-refractivity contribution in [2.75, 3.05) is 12.4 Å². The average Bonchev–Trinajstić information content (AvgIpc) is 3.12. The molecule has 0 aliphatic carbocycles. The molecule has 2 aromatic rings. The van der Waals surface area contributed by atoms with E-state index in [-0.39, 0.29) is 32.7 Å². The predicted molar refractivity (Wildman–Crippen MR) is 109 cm³/mol. The Bertz CT molecular complexity index is 1080. The number of halogens is 8. The number of hydroxylamine groups is 1. The number of rotatable bonds is 5. The smallest absolute Gasteiger partial charge is 0.428 e. The summed E-state index contributed by atoms with van der Waals surface area (Å²) in [6.07, 6.45) is -10.7. The van der Waals surface area contributed by atoms with Crippen molar-refractivity contribution in [2.24, 2.45) is 0 Å². The third-order valence-electron chi connectivity index (χ3n) is 4.53. The van der Waals surface area contributed by atoms with Gasteiger partial charge in [-0.3, -0.25) is 15.1 Å². The molecule has 1 aliphatic rings. The van der Waals surface area contributed by atoms with Gasteiger partial charge in [0.15, 0.2) is 0 Å². The molecule has 2 aromatic carbocycles. The van der Waals surface area contributed by atoms with E-state index in [1.165, 1.54) is 25.3 Å². The summed E-state index contributed by atoms with van der Waals surface area (Å²) in [5.74, 6) is -1.38. The van der Waals surface area contributed by atoms with E-state index >= 15 is 0 Å². The normalized spacial score (nSPS) is 18.5. The zero-order chi connectivity index (χ0) is 24.6. The molecule has 0 radical (unpaired) electrons. The number of methoxy groups -OCH3 is 1. The molecular weight excluding hydrogens is 501 g/mol. The van der Waals surface area contributed by atoms with Gasteiger partial charge in [0.05, 0.1) is 18.5 Å². The van der Waals surface area contributed by atoms with Gasteiger partial charge < -0.3 is 10.1 Å². The van der Waals surface area contributed by atoms with Gasteiger partial charge in [-0.1, -0.05) is 23.2 Å². The van der Waals surface area contributed by atoms with Crippen LogP contribution in [0.3, 0.4) is 0 Å². The van der Waals surface area contributed by atoms with Gasteiger partial charge in [-0.05, 0) is 42.5 Å². The monoisotopic (exact) mass is 514 g/mol. The van der Waals surface area contributed by atoms with Gasteiger partial charge in [0.1, 0.15) is 12.2 Å². The number of anilines is 1. The van der Waals surface area contributed by atoms with Crippen LogP contribution in [0.15, 0.2) is 42.5 Å². The van der Waals surface area contributed by atoms with E-state index in [1.807, 2.05) is 5.32 Å². The SMILES string of the molecule is COc1ccc(C2=CC(c3cc(Cl)cc(Cl)c3)(C(F)(F)F)ON2)cc1NC(=O)CC(F)(F)F. The second kappa shape index (κ2) is 8.96. The van der Waals surface area contributed by atoms with Crippen LogP contribution in [0.25, 0.3) is 5.70 Å². The van der Waals surface area contributed by atoms with Crippen molar-refractivity contribution in [3.63, 3.8) is 0 Å². The summed E-state index contributed by atoms with van der Waals surface area (Å²) in [4.78, 5) is 16.7. The van der Waals surface area contributed by atoms with Gasteiger partial charge in [0.2, 0.25) is 11.5 Å². The first kappa shape index (κ1) is 25.0. The Morgan fingerprint density at radius 2 is 1.73 bits per heavy atom. The van der Waals surface area contributed by atoms with E-state index in [0.29, 0.717) is 0 Å². The second-order valence-electron chi connectivity index (χ2n) is 6.91. The fraction of sp³-hybridized carbons (Fsp3) is 0.250. The van der Waals surface area contributed by atoms with Gasteiger partial charge >= 0.3 is 12.4 Å². The first-order valence-corrected chi connectivity index (χ1v) is 9.75. The molecular formula is C20H14Cl2F6N2O3. The Labute approximate surface area is 193 Å². The van der Waals surface area contributed by atoms with Crippen LogP contribution in [0.2, 0.25) is 10.0 Å². The van der Waals surface area contributed by atoms with Crippen molar-refractivity contribution in [3.8, 4) is 5.75 Å². The minimum absolute atomic E-state index is 0.00232. The van der Waals surface area contributed by atoms with Gasteiger partial charge in [0, 0.05) is 21.2 Å². The van der Waals surface area contributed by atoms with Crippen LogP contribution in [0.4, 0.5) is 32.0 Å². The lowest BCUT2D eigenvalue weighted by Gasteiger charge is -2.28. The number of nitrogens with one attached hydrogen (secondary N) is 2. The predicted octanol–water partition coefficient (Wildman–Crippen LogP) is 6.23. The molecule has 1 atom stereocenters. The largest absolute Gasteiger partial charge is 0.495 e. The van der Waals surface area contributed by atoms with Gasteiger partial charge in [-0.15, -0.1) is 0 Å². The first-order chi connectivity index (χ1) is 15.2. The summed E-state index contributed by atoms with van der Waals surface area (Å²) in [7, 11) is 1.21. The van der Waals surface area contributed by atoms with E-state index < -0.39 is 35.8 Å². The van der Waals surface area contributed by atoms with Crippen LogP contribution < -0.4 is 15.5 Å². The number of hydrogen-bond donors (Lipinski definition) is 2. The van der Waals surface area contributed by atoms with E-state index in [2.05, 4.69) is 5.48 Å². The van der Waals surface area contributed by atoms with Gasteiger partial charge in [0.25, 0.3) is 0 Å². The fourth-order valence-electron chi connectivity index (χ4n) is 3.10. The third kappa shape index (κ3) is 5.48. The second-order valence-corrected chi connectivity index (χ2v) is 7.78. The maximum absolute atomic E-state index is 14.1. The Balaban J connectivity index is 2.03. The molecule has 0 saturated carbocycles. The van der Waals surface area contributed by atoms with Gasteiger partial charge in [-0.2, -0.15) is 26.3 Å². The molecule has 1 amide bonds. The van der Waals surface area contributed by atoms with Crippen LogP contribution in [-0.2, 0) is 15.2 Å². The highest BCUT2D eigenvalue weighted by Gasteiger charge is 2.59. The standard InChI is InChI=1S/C20H14Cl2F6N2O3/c1-32-16-3-2-10(4-14(16)29-17(31)9-19(23,24)25)15-8-18(33-30-15,20(26,27)28)11-5-12(21)7-13(22)6-11/h2-8,30H,9H2,1H3,(H,29,31). The Morgan fingerprint density at radius 3 is 2.27 bits per heavy atom. The molecule has 1 unspecified atom stereocenters. The highest BCUT2D eigenvalue weighted by molar-refractivity contribution is 6.34. The lowest BCUT2D eigenvalue weighted by molar-refractivity contribution is -0.269. The Kier molecular flexibility index (Phi) is 6.79. The van der Waals surface area contributed by atoms with Crippen molar-refractivity contribution in [3.05, 3.63) is 63.6 Å². The molecule has 0 bridgehead atoms. The lowest BCUT2D eigenvalue weighted by atomic mass is 9.91.